The largest absolute Gasteiger partial charge is 0.496 e. The first kappa shape index (κ1) is 17.5. The van der Waals surface area contributed by atoms with Gasteiger partial charge in [0.05, 0.1) is 11.6 Å². The van der Waals surface area contributed by atoms with E-state index in [2.05, 4.69) is 61.1 Å². The second-order valence-electron chi connectivity index (χ2n) is 6.58. The molecule has 0 amide bonds. The fourth-order valence-electron chi connectivity index (χ4n) is 2.12. The molecule has 3 heteroatoms. The molecule has 114 valence electrons. The molecule has 0 bridgehead atoms. The number of ether oxygens (including phenoxy) is 1. The van der Waals surface area contributed by atoms with Gasteiger partial charge >= 0.3 is 0 Å². The van der Waals surface area contributed by atoms with E-state index < -0.39 is 0 Å². The van der Waals surface area contributed by atoms with Gasteiger partial charge in [-0.1, -0.05) is 13.0 Å². The lowest BCUT2D eigenvalue weighted by Crippen LogP contribution is -2.36. The molecule has 0 aliphatic heterocycles. The lowest BCUT2D eigenvalue weighted by molar-refractivity contribution is 0.386. The topological polar surface area (TPSA) is 21.3 Å². The summed E-state index contributed by atoms with van der Waals surface area (Å²) in [4.78, 5) is 0. The van der Waals surface area contributed by atoms with Gasteiger partial charge in [-0.15, -0.1) is 0 Å². The standard InChI is InChI=1S/C17H28BrNO/c1-13(10-11-19-17(2,3)4)6-7-14-8-9-16(20-5)15(18)12-14/h8-9,12-13,19H,6-7,10-11H2,1-5H3. The van der Waals surface area contributed by atoms with Crippen LogP contribution in [0, 0.1) is 5.92 Å². The molecule has 0 aliphatic carbocycles. The lowest BCUT2D eigenvalue weighted by Gasteiger charge is -2.22. The first-order chi connectivity index (χ1) is 9.31. The van der Waals surface area contributed by atoms with E-state index in [9.17, 15) is 0 Å². The third-order valence-electron chi connectivity index (χ3n) is 3.43. The fourth-order valence-corrected chi connectivity index (χ4v) is 2.70. The third kappa shape index (κ3) is 6.76. The van der Waals surface area contributed by atoms with Gasteiger partial charge in [-0.3, -0.25) is 0 Å². The van der Waals surface area contributed by atoms with Crippen molar-refractivity contribution in [1.29, 1.82) is 0 Å². The van der Waals surface area contributed by atoms with Crippen molar-refractivity contribution in [1.82, 2.24) is 5.32 Å². The molecule has 1 aromatic carbocycles. The predicted octanol–water partition coefficient (Wildman–Crippen LogP) is 4.80. The maximum absolute atomic E-state index is 5.26. The van der Waals surface area contributed by atoms with E-state index in [1.54, 1.807) is 7.11 Å². The molecular weight excluding hydrogens is 314 g/mol. The molecule has 1 atom stereocenters. The number of halogens is 1. The number of aryl methyl sites for hydroxylation is 1. The van der Waals surface area contributed by atoms with Crippen LogP contribution in [0.5, 0.6) is 5.75 Å². The van der Waals surface area contributed by atoms with Crippen LogP contribution in [-0.4, -0.2) is 19.2 Å². The van der Waals surface area contributed by atoms with Gasteiger partial charge in [0, 0.05) is 5.54 Å². The highest BCUT2D eigenvalue weighted by molar-refractivity contribution is 9.10. The second-order valence-corrected chi connectivity index (χ2v) is 7.43. The Morgan fingerprint density at radius 2 is 1.95 bits per heavy atom. The van der Waals surface area contributed by atoms with Crippen molar-refractivity contribution < 1.29 is 4.74 Å². The van der Waals surface area contributed by atoms with Gasteiger partial charge in [0.2, 0.25) is 0 Å². The van der Waals surface area contributed by atoms with Gasteiger partial charge < -0.3 is 10.1 Å². The van der Waals surface area contributed by atoms with Gasteiger partial charge in [0.25, 0.3) is 0 Å². The molecule has 0 radical (unpaired) electrons. The Kier molecular flexibility index (Phi) is 7.04. The van der Waals surface area contributed by atoms with Crippen molar-refractivity contribution in [3.05, 3.63) is 28.2 Å². The van der Waals surface area contributed by atoms with Gasteiger partial charge in [-0.05, 0) is 86.1 Å². The summed E-state index contributed by atoms with van der Waals surface area (Å²) < 4.78 is 6.30. The number of benzene rings is 1. The van der Waals surface area contributed by atoms with Crippen LogP contribution >= 0.6 is 15.9 Å². The van der Waals surface area contributed by atoms with Crippen molar-refractivity contribution in [2.75, 3.05) is 13.7 Å². The summed E-state index contributed by atoms with van der Waals surface area (Å²) in [6.45, 7) is 10.1. The molecule has 0 saturated heterocycles. The third-order valence-corrected chi connectivity index (χ3v) is 4.05. The van der Waals surface area contributed by atoms with Crippen molar-refractivity contribution in [3.8, 4) is 5.75 Å². The zero-order valence-electron chi connectivity index (χ0n) is 13.4. The van der Waals surface area contributed by atoms with E-state index in [1.807, 2.05) is 6.07 Å². The van der Waals surface area contributed by atoms with Crippen LogP contribution < -0.4 is 10.1 Å². The van der Waals surface area contributed by atoms with E-state index in [1.165, 1.54) is 18.4 Å². The van der Waals surface area contributed by atoms with Crippen LogP contribution in [0.25, 0.3) is 0 Å². The Balaban J connectivity index is 2.34. The van der Waals surface area contributed by atoms with Crippen LogP contribution in [0.1, 0.15) is 46.1 Å². The number of methoxy groups -OCH3 is 1. The predicted molar refractivity (Wildman–Crippen MR) is 90.6 cm³/mol. The Morgan fingerprint density at radius 1 is 1.25 bits per heavy atom. The molecule has 1 aromatic rings. The summed E-state index contributed by atoms with van der Waals surface area (Å²) in [6, 6.07) is 6.36. The normalized spacial score (nSPS) is 13.3. The second kappa shape index (κ2) is 8.04. The van der Waals surface area contributed by atoms with Crippen molar-refractivity contribution in [3.63, 3.8) is 0 Å². The van der Waals surface area contributed by atoms with Crippen LogP contribution in [0.2, 0.25) is 0 Å². The minimum Gasteiger partial charge on any atom is -0.496 e. The van der Waals surface area contributed by atoms with E-state index in [0.29, 0.717) is 0 Å². The zero-order chi connectivity index (χ0) is 15.2. The highest BCUT2D eigenvalue weighted by Crippen LogP contribution is 2.26. The molecular formula is C17H28BrNO. The average Bonchev–Trinajstić information content (AvgIpc) is 2.35. The maximum Gasteiger partial charge on any atom is 0.133 e. The van der Waals surface area contributed by atoms with E-state index in [0.717, 1.165) is 29.1 Å². The number of hydrogen-bond donors (Lipinski definition) is 1. The minimum atomic E-state index is 0.223. The molecule has 1 rings (SSSR count). The van der Waals surface area contributed by atoms with Crippen LogP contribution in [0.15, 0.2) is 22.7 Å². The molecule has 2 nitrogen and oxygen atoms in total. The van der Waals surface area contributed by atoms with Crippen molar-refractivity contribution >= 4 is 15.9 Å². The molecule has 0 fully saturated rings. The number of rotatable bonds is 7. The van der Waals surface area contributed by atoms with E-state index in [-0.39, 0.29) is 5.54 Å². The Morgan fingerprint density at radius 3 is 2.50 bits per heavy atom. The summed E-state index contributed by atoms with van der Waals surface area (Å²) in [5, 5.41) is 3.55. The highest BCUT2D eigenvalue weighted by atomic mass is 79.9. The first-order valence-corrected chi connectivity index (χ1v) is 8.18. The molecule has 1 unspecified atom stereocenters. The quantitative estimate of drug-likeness (QED) is 0.768. The monoisotopic (exact) mass is 341 g/mol. The Labute approximate surface area is 132 Å². The van der Waals surface area contributed by atoms with Crippen molar-refractivity contribution in [2.24, 2.45) is 5.92 Å². The maximum atomic E-state index is 5.26. The molecule has 0 saturated carbocycles. The number of hydrogen-bond acceptors (Lipinski definition) is 2. The molecule has 1 N–H and O–H groups in total. The van der Waals surface area contributed by atoms with Gasteiger partial charge in [0.1, 0.15) is 5.75 Å². The lowest BCUT2D eigenvalue weighted by atomic mass is 9.97. The minimum absolute atomic E-state index is 0.223. The summed E-state index contributed by atoms with van der Waals surface area (Å²) in [5.41, 5.74) is 1.59. The molecule has 20 heavy (non-hydrogen) atoms. The Hall–Kier alpha value is -0.540. The van der Waals surface area contributed by atoms with E-state index in [4.69, 9.17) is 4.74 Å². The van der Waals surface area contributed by atoms with Gasteiger partial charge in [-0.2, -0.15) is 0 Å². The molecule has 0 heterocycles. The SMILES string of the molecule is COc1ccc(CCC(C)CCNC(C)(C)C)cc1Br. The smallest absolute Gasteiger partial charge is 0.133 e. The van der Waals surface area contributed by atoms with Crippen LogP contribution in [-0.2, 0) is 6.42 Å². The fraction of sp³-hybridized carbons (Fsp3) is 0.647. The highest BCUT2D eigenvalue weighted by Gasteiger charge is 2.10. The van der Waals surface area contributed by atoms with Crippen LogP contribution in [0.4, 0.5) is 0 Å². The zero-order valence-corrected chi connectivity index (χ0v) is 15.0. The Bertz CT molecular complexity index is 412. The first-order valence-electron chi connectivity index (χ1n) is 7.39. The van der Waals surface area contributed by atoms with Gasteiger partial charge in [-0.25, -0.2) is 0 Å². The summed E-state index contributed by atoms with van der Waals surface area (Å²) in [7, 11) is 1.70. The summed E-state index contributed by atoms with van der Waals surface area (Å²) in [5.74, 6) is 1.64. The molecule has 0 spiro atoms. The molecule has 0 aliphatic rings. The summed E-state index contributed by atoms with van der Waals surface area (Å²) in [6.07, 6.45) is 3.58. The van der Waals surface area contributed by atoms with Crippen molar-refractivity contribution in [2.45, 2.75) is 52.5 Å². The summed E-state index contributed by atoms with van der Waals surface area (Å²) >= 11 is 3.54. The van der Waals surface area contributed by atoms with E-state index >= 15 is 0 Å². The number of nitrogens with one attached hydrogen (secondary N) is 1. The average molecular weight is 342 g/mol. The molecule has 0 aromatic heterocycles. The van der Waals surface area contributed by atoms with Gasteiger partial charge in [0.15, 0.2) is 0 Å². The van der Waals surface area contributed by atoms with Crippen LogP contribution in [0.3, 0.4) is 0 Å².